The number of carbonyl (C=O) groups excluding carboxylic acids is 1. The van der Waals surface area contributed by atoms with Gasteiger partial charge >= 0.3 is 0 Å². The molecule has 1 rings (SSSR count). The zero-order valence-electron chi connectivity index (χ0n) is 7.77. The molecule has 0 aliphatic rings. The van der Waals surface area contributed by atoms with Crippen LogP contribution in [0.15, 0.2) is 12.1 Å². The highest BCUT2D eigenvalue weighted by atomic mass is 16.3. The van der Waals surface area contributed by atoms with Gasteiger partial charge in [-0.1, -0.05) is 0 Å². The van der Waals surface area contributed by atoms with E-state index < -0.39 is 5.91 Å². The molecule has 4 N–H and O–H groups in total. The van der Waals surface area contributed by atoms with E-state index in [9.17, 15) is 4.79 Å². The number of nitrogens with zero attached hydrogens (tertiary/aromatic N) is 2. The summed E-state index contributed by atoms with van der Waals surface area (Å²) in [5, 5.41) is 18.9. The van der Waals surface area contributed by atoms with Crippen molar-refractivity contribution in [3.63, 3.8) is 0 Å². The lowest BCUT2D eigenvalue weighted by Crippen LogP contribution is -2.21. The summed E-state index contributed by atoms with van der Waals surface area (Å²) < 4.78 is 0. The van der Waals surface area contributed by atoms with E-state index in [0.717, 1.165) is 0 Å². The quantitative estimate of drug-likeness (QED) is 0.595. The van der Waals surface area contributed by atoms with Crippen molar-refractivity contribution in [3.8, 4) is 0 Å². The molecule has 0 aromatic carbocycles. The number of nitrogens with two attached hydrogens (primary N) is 1. The molecule has 0 aliphatic heterocycles. The van der Waals surface area contributed by atoms with Crippen LogP contribution in [0, 0.1) is 0 Å². The zero-order chi connectivity index (χ0) is 10.6. The maximum Gasteiger partial charge on any atom is 0.269 e. The van der Waals surface area contributed by atoms with Crippen molar-refractivity contribution in [2.24, 2.45) is 5.73 Å². The molecule has 1 atom stereocenters. The highest BCUT2D eigenvalue weighted by Gasteiger charge is 2.04. The SMILES string of the molecule is C[C@@H](CO)Nc1ccc(C(N)=O)nn1. The Morgan fingerprint density at radius 1 is 1.64 bits per heavy atom. The molecule has 0 aliphatic carbocycles. The first-order valence-electron chi connectivity index (χ1n) is 4.14. The number of aromatic nitrogens is 2. The van der Waals surface area contributed by atoms with E-state index in [1.165, 1.54) is 6.07 Å². The number of aliphatic hydroxyl groups excluding tert-OH is 1. The minimum atomic E-state index is -0.612. The predicted octanol–water partition coefficient (Wildman–Crippen LogP) is -0.632. The Labute approximate surface area is 81.1 Å². The van der Waals surface area contributed by atoms with Crippen LogP contribution in [0.25, 0.3) is 0 Å². The molecule has 14 heavy (non-hydrogen) atoms. The Hall–Kier alpha value is -1.69. The standard InChI is InChI=1S/C8H12N4O2/c1-5(4-13)10-7-3-2-6(8(9)14)11-12-7/h2-3,5,13H,4H2,1H3,(H2,9,14)(H,10,12)/t5-/m0/s1. The predicted molar refractivity (Wildman–Crippen MR) is 50.7 cm³/mol. The zero-order valence-corrected chi connectivity index (χ0v) is 7.77. The molecule has 1 heterocycles. The van der Waals surface area contributed by atoms with Crippen molar-refractivity contribution in [2.45, 2.75) is 13.0 Å². The first-order chi connectivity index (χ1) is 6.63. The summed E-state index contributed by atoms with van der Waals surface area (Å²) in [4.78, 5) is 10.6. The van der Waals surface area contributed by atoms with Crippen LogP contribution in [0.1, 0.15) is 17.4 Å². The van der Waals surface area contributed by atoms with Gasteiger partial charge in [-0.05, 0) is 19.1 Å². The molecule has 0 saturated heterocycles. The van der Waals surface area contributed by atoms with Crippen molar-refractivity contribution < 1.29 is 9.90 Å². The average molecular weight is 196 g/mol. The average Bonchev–Trinajstić information content (AvgIpc) is 2.18. The summed E-state index contributed by atoms with van der Waals surface area (Å²) in [5.74, 6) is -0.115. The van der Waals surface area contributed by atoms with Gasteiger partial charge in [-0.25, -0.2) is 0 Å². The van der Waals surface area contributed by atoms with Crippen LogP contribution in [0.3, 0.4) is 0 Å². The lowest BCUT2D eigenvalue weighted by molar-refractivity contribution is 0.0994. The first kappa shape index (κ1) is 10.4. The van der Waals surface area contributed by atoms with E-state index in [2.05, 4.69) is 15.5 Å². The minimum absolute atomic E-state index is 0.000743. The van der Waals surface area contributed by atoms with Gasteiger partial charge in [-0.15, -0.1) is 10.2 Å². The van der Waals surface area contributed by atoms with Gasteiger partial charge in [0, 0.05) is 6.04 Å². The smallest absolute Gasteiger partial charge is 0.269 e. The van der Waals surface area contributed by atoms with E-state index in [-0.39, 0.29) is 18.3 Å². The third-order valence-electron chi connectivity index (χ3n) is 1.59. The van der Waals surface area contributed by atoms with Gasteiger partial charge in [0.05, 0.1) is 6.61 Å². The Bertz CT molecular complexity index is 312. The van der Waals surface area contributed by atoms with Crippen molar-refractivity contribution in [3.05, 3.63) is 17.8 Å². The molecule has 6 heteroatoms. The van der Waals surface area contributed by atoms with Gasteiger partial charge in [0.25, 0.3) is 5.91 Å². The summed E-state index contributed by atoms with van der Waals surface area (Å²) in [6.07, 6.45) is 0. The molecular weight excluding hydrogens is 184 g/mol. The second kappa shape index (κ2) is 4.52. The van der Waals surface area contributed by atoms with E-state index in [0.29, 0.717) is 5.82 Å². The molecule has 1 aromatic rings. The minimum Gasteiger partial charge on any atom is -0.394 e. The van der Waals surface area contributed by atoms with E-state index >= 15 is 0 Å². The molecule has 0 bridgehead atoms. The Morgan fingerprint density at radius 3 is 2.79 bits per heavy atom. The number of nitrogens with one attached hydrogen (secondary N) is 1. The topological polar surface area (TPSA) is 101 Å². The summed E-state index contributed by atoms with van der Waals surface area (Å²) in [5.41, 5.74) is 5.11. The monoisotopic (exact) mass is 196 g/mol. The van der Waals surface area contributed by atoms with Gasteiger partial charge in [-0.3, -0.25) is 4.79 Å². The van der Waals surface area contributed by atoms with E-state index in [1.807, 2.05) is 0 Å². The van der Waals surface area contributed by atoms with Crippen LogP contribution >= 0.6 is 0 Å². The molecule has 1 amide bonds. The molecule has 0 spiro atoms. The number of hydrogen-bond donors (Lipinski definition) is 3. The van der Waals surface area contributed by atoms with Crippen molar-refractivity contribution in [1.82, 2.24) is 10.2 Å². The molecule has 76 valence electrons. The van der Waals surface area contributed by atoms with Crippen LogP contribution in [-0.4, -0.2) is 33.9 Å². The third-order valence-corrected chi connectivity index (χ3v) is 1.59. The lowest BCUT2D eigenvalue weighted by Gasteiger charge is -2.10. The molecule has 1 aromatic heterocycles. The highest BCUT2D eigenvalue weighted by molar-refractivity contribution is 5.90. The first-order valence-corrected chi connectivity index (χ1v) is 4.14. The lowest BCUT2D eigenvalue weighted by atomic mass is 10.3. The number of primary amides is 1. The van der Waals surface area contributed by atoms with Crippen molar-refractivity contribution >= 4 is 11.7 Å². The van der Waals surface area contributed by atoms with Crippen molar-refractivity contribution in [2.75, 3.05) is 11.9 Å². The van der Waals surface area contributed by atoms with Gasteiger partial charge < -0.3 is 16.2 Å². The summed E-state index contributed by atoms with van der Waals surface area (Å²) in [6, 6.07) is 2.95. The molecule has 0 fully saturated rings. The molecular formula is C8H12N4O2. The fourth-order valence-electron chi connectivity index (χ4n) is 0.839. The van der Waals surface area contributed by atoms with Crippen molar-refractivity contribution in [1.29, 1.82) is 0 Å². The van der Waals surface area contributed by atoms with Gasteiger partial charge in [-0.2, -0.15) is 0 Å². The fraction of sp³-hybridized carbons (Fsp3) is 0.375. The Kier molecular flexibility index (Phi) is 3.35. The summed E-state index contributed by atoms with van der Waals surface area (Å²) >= 11 is 0. The number of carbonyl (C=O) groups is 1. The third kappa shape index (κ3) is 2.67. The normalized spacial score (nSPS) is 12.1. The fourth-order valence-corrected chi connectivity index (χ4v) is 0.839. The maximum atomic E-state index is 10.6. The summed E-state index contributed by atoms with van der Waals surface area (Å²) in [6.45, 7) is 1.79. The number of hydrogen-bond acceptors (Lipinski definition) is 5. The second-order valence-corrected chi connectivity index (χ2v) is 2.90. The van der Waals surface area contributed by atoms with Gasteiger partial charge in [0.15, 0.2) is 5.69 Å². The largest absolute Gasteiger partial charge is 0.394 e. The highest BCUT2D eigenvalue weighted by Crippen LogP contribution is 2.02. The number of rotatable bonds is 4. The Morgan fingerprint density at radius 2 is 2.36 bits per heavy atom. The molecule has 0 radical (unpaired) electrons. The number of amides is 1. The molecule has 6 nitrogen and oxygen atoms in total. The molecule has 0 saturated carbocycles. The Balaban J connectivity index is 2.68. The number of aliphatic hydroxyl groups is 1. The molecule has 0 unspecified atom stereocenters. The second-order valence-electron chi connectivity index (χ2n) is 2.90. The van der Waals surface area contributed by atoms with Crippen LogP contribution in [0.5, 0.6) is 0 Å². The van der Waals surface area contributed by atoms with Gasteiger partial charge in [0.2, 0.25) is 0 Å². The van der Waals surface area contributed by atoms with Crippen LogP contribution in [0.2, 0.25) is 0 Å². The number of anilines is 1. The van der Waals surface area contributed by atoms with Crippen LogP contribution in [-0.2, 0) is 0 Å². The summed E-state index contributed by atoms with van der Waals surface area (Å²) in [7, 11) is 0. The van der Waals surface area contributed by atoms with Crippen LogP contribution < -0.4 is 11.1 Å². The maximum absolute atomic E-state index is 10.6. The van der Waals surface area contributed by atoms with E-state index in [4.69, 9.17) is 10.8 Å². The van der Waals surface area contributed by atoms with Gasteiger partial charge in [0.1, 0.15) is 5.82 Å². The van der Waals surface area contributed by atoms with Crippen LogP contribution in [0.4, 0.5) is 5.82 Å². The van der Waals surface area contributed by atoms with E-state index in [1.54, 1.807) is 13.0 Å².